The van der Waals surface area contributed by atoms with Crippen LogP contribution in [0.5, 0.6) is 0 Å². The third-order valence-electron chi connectivity index (χ3n) is 3.91. The fourth-order valence-corrected chi connectivity index (χ4v) is 4.05. The van der Waals surface area contributed by atoms with Crippen LogP contribution in [0, 0.1) is 5.92 Å². The summed E-state index contributed by atoms with van der Waals surface area (Å²) < 4.78 is 28.0. The van der Waals surface area contributed by atoms with Crippen molar-refractivity contribution in [3.05, 3.63) is 29.8 Å². The zero-order valence-corrected chi connectivity index (χ0v) is 12.1. The van der Waals surface area contributed by atoms with Gasteiger partial charge in [0.25, 0.3) is 10.0 Å². The molecule has 0 saturated carbocycles. The van der Waals surface area contributed by atoms with E-state index in [0.717, 1.165) is 19.4 Å². The highest BCUT2D eigenvalue weighted by Gasteiger charge is 2.34. The number of rotatable bonds is 1. The number of hydrogen-bond acceptors (Lipinski definition) is 4. The highest BCUT2D eigenvalue weighted by molar-refractivity contribution is 7.90. The number of carbonyl (C=O) groups is 1. The first kappa shape index (κ1) is 13.3. The highest BCUT2D eigenvalue weighted by atomic mass is 32.2. The molecule has 0 bridgehead atoms. The van der Waals surface area contributed by atoms with Crippen LogP contribution in [0.3, 0.4) is 0 Å². The summed E-state index contributed by atoms with van der Waals surface area (Å²) >= 11 is 0. The standard InChI is InChI=1S/C14H16N2O3S/c1-10(17)11-5-4-8-16(9-11)14-12-6-2-3-7-13(12)20(18,19)15-14/h2-3,6-7,11H,4-5,8-9H2,1H3. The van der Waals surface area contributed by atoms with Crippen molar-refractivity contribution in [2.45, 2.75) is 24.7 Å². The lowest BCUT2D eigenvalue weighted by Gasteiger charge is -2.32. The van der Waals surface area contributed by atoms with E-state index in [1.807, 2.05) is 11.0 Å². The summed E-state index contributed by atoms with van der Waals surface area (Å²) in [7, 11) is -3.58. The first-order valence-electron chi connectivity index (χ1n) is 6.69. The monoisotopic (exact) mass is 292 g/mol. The zero-order valence-electron chi connectivity index (χ0n) is 11.2. The fourth-order valence-electron chi connectivity index (χ4n) is 2.82. The van der Waals surface area contributed by atoms with Gasteiger partial charge in [0.05, 0.1) is 0 Å². The fraction of sp³-hybridized carbons (Fsp3) is 0.429. The second kappa shape index (κ2) is 4.70. The van der Waals surface area contributed by atoms with E-state index >= 15 is 0 Å². The molecule has 6 heteroatoms. The average molecular weight is 292 g/mol. The van der Waals surface area contributed by atoms with Crippen LogP contribution < -0.4 is 0 Å². The molecule has 1 aromatic rings. The summed E-state index contributed by atoms with van der Waals surface area (Å²) in [5, 5.41) is 0. The molecule has 2 aliphatic heterocycles. The smallest absolute Gasteiger partial charge is 0.285 e. The van der Waals surface area contributed by atoms with Gasteiger partial charge in [-0.2, -0.15) is 8.42 Å². The molecule has 0 aromatic heterocycles. The van der Waals surface area contributed by atoms with Gasteiger partial charge < -0.3 is 4.90 Å². The zero-order chi connectivity index (χ0) is 14.3. The molecule has 1 unspecified atom stereocenters. The van der Waals surface area contributed by atoms with Crippen molar-refractivity contribution in [1.82, 2.24) is 4.90 Å². The minimum absolute atomic E-state index is 0.0260. The van der Waals surface area contributed by atoms with E-state index in [9.17, 15) is 13.2 Å². The number of fused-ring (bicyclic) bond motifs is 1. The molecule has 20 heavy (non-hydrogen) atoms. The van der Waals surface area contributed by atoms with Crippen molar-refractivity contribution >= 4 is 21.6 Å². The Hall–Kier alpha value is -1.69. The largest absolute Gasteiger partial charge is 0.355 e. The van der Waals surface area contributed by atoms with Crippen LogP contribution in [0.15, 0.2) is 33.6 Å². The van der Waals surface area contributed by atoms with Crippen molar-refractivity contribution in [2.24, 2.45) is 10.3 Å². The minimum atomic E-state index is -3.58. The van der Waals surface area contributed by atoms with Gasteiger partial charge in [-0.3, -0.25) is 4.79 Å². The summed E-state index contributed by atoms with van der Waals surface area (Å²) in [6, 6.07) is 6.86. The van der Waals surface area contributed by atoms with Crippen LogP contribution in [-0.2, 0) is 14.8 Å². The Bertz CT molecular complexity index is 694. The van der Waals surface area contributed by atoms with Crippen LogP contribution in [-0.4, -0.2) is 38.0 Å². The van der Waals surface area contributed by atoms with E-state index in [0.29, 0.717) is 17.9 Å². The predicted octanol–water partition coefficient (Wildman–Crippen LogP) is 1.44. The van der Waals surface area contributed by atoms with E-state index in [1.54, 1.807) is 25.1 Å². The van der Waals surface area contributed by atoms with E-state index in [-0.39, 0.29) is 16.6 Å². The maximum absolute atomic E-state index is 12.0. The second-order valence-electron chi connectivity index (χ2n) is 5.28. The number of carbonyl (C=O) groups excluding carboxylic acids is 1. The topological polar surface area (TPSA) is 66.8 Å². The number of likely N-dealkylation sites (tertiary alicyclic amines) is 1. The first-order chi connectivity index (χ1) is 9.49. The van der Waals surface area contributed by atoms with E-state index in [2.05, 4.69) is 4.40 Å². The first-order valence-corrected chi connectivity index (χ1v) is 8.13. The Kier molecular flexibility index (Phi) is 3.12. The molecular formula is C14H16N2O3S. The quantitative estimate of drug-likeness (QED) is 0.785. The van der Waals surface area contributed by atoms with Gasteiger partial charge >= 0.3 is 0 Å². The molecule has 1 fully saturated rings. The Morgan fingerprint density at radius 3 is 2.85 bits per heavy atom. The van der Waals surface area contributed by atoms with E-state index < -0.39 is 10.0 Å². The Morgan fingerprint density at radius 2 is 2.10 bits per heavy atom. The van der Waals surface area contributed by atoms with Crippen molar-refractivity contribution in [3.8, 4) is 0 Å². The molecule has 5 nitrogen and oxygen atoms in total. The number of ketones is 1. The minimum Gasteiger partial charge on any atom is -0.355 e. The summed E-state index contributed by atoms with van der Waals surface area (Å²) in [6.07, 6.45) is 1.75. The summed E-state index contributed by atoms with van der Waals surface area (Å²) in [5.74, 6) is 0.623. The molecule has 1 saturated heterocycles. The molecule has 0 radical (unpaired) electrons. The lowest BCUT2D eigenvalue weighted by atomic mass is 9.94. The third kappa shape index (κ3) is 2.14. The van der Waals surface area contributed by atoms with Crippen LogP contribution in [0.4, 0.5) is 0 Å². The van der Waals surface area contributed by atoms with E-state index in [4.69, 9.17) is 0 Å². The molecular weight excluding hydrogens is 276 g/mol. The molecule has 0 aliphatic carbocycles. The van der Waals surface area contributed by atoms with Crippen LogP contribution in [0.2, 0.25) is 0 Å². The number of benzene rings is 1. The second-order valence-corrected chi connectivity index (χ2v) is 6.85. The molecule has 2 heterocycles. The normalized spacial score (nSPS) is 24.1. The van der Waals surface area contributed by atoms with Gasteiger partial charge in [0, 0.05) is 24.6 Å². The number of sulfonamides is 1. The van der Waals surface area contributed by atoms with Crippen LogP contribution in [0.1, 0.15) is 25.3 Å². The van der Waals surface area contributed by atoms with Gasteiger partial charge in [0.15, 0.2) is 5.84 Å². The van der Waals surface area contributed by atoms with Crippen LogP contribution >= 0.6 is 0 Å². The van der Waals surface area contributed by atoms with Crippen molar-refractivity contribution in [3.63, 3.8) is 0 Å². The molecule has 0 amide bonds. The Labute approximate surface area is 118 Å². The highest BCUT2D eigenvalue weighted by Crippen LogP contribution is 2.29. The lowest BCUT2D eigenvalue weighted by molar-refractivity contribution is -0.121. The van der Waals surface area contributed by atoms with Gasteiger partial charge in [-0.1, -0.05) is 12.1 Å². The van der Waals surface area contributed by atoms with Gasteiger partial charge in [-0.25, -0.2) is 0 Å². The molecule has 106 valence electrons. The van der Waals surface area contributed by atoms with Crippen LogP contribution in [0.25, 0.3) is 0 Å². The average Bonchev–Trinajstić information content (AvgIpc) is 2.72. The summed E-state index contributed by atoms with van der Waals surface area (Å²) in [6.45, 7) is 2.89. The number of piperidine rings is 1. The number of nitrogens with zero attached hydrogens (tertiary/aromatic N) is 2. The van der Waals surface area contributed by atoms with Gasteiger partial charge in [-0.15, -0.1) is 4.40 Å². The predicted molar refractivity (Wildman–Crippen MR) is 75.1 cm³/mol. The summed E-state index contributed by atoms with van der Waals surface area (Å²) in [4.78, 5) is 13.7. The van der Waals surface area contributed by atoms with Crippen molar-refractivity contribution in [2.75, 3.05) is 13.1 Å². The maximum atomic E-state index is 12.0. The molecule has 1 atom stereocenters. The third-order valence-corrected chi connectivity index (χ3v) is 5.23. The van der Waals surface area contributed by atoms with Crippen molar-refractivity contribution in [1.29, 1.82) is 0 Å². The van der Waals surface area contributed by atoms with Gasteiger partial charge in [0.2, 0.25) is 0 Å². The number of hydrogen-bond donors (Lipinski definition) is 0. The molecule has 1 aromatic carbocycles. The summed E-state index contributed by atoms with van der Waals surface area (Å²) in [5.41, 5.74) is 0.650. The molecule has 3 rings (SSSR count). The van der Waals surface area contributed by atoms with Crippen molar-refractivity contribution < 1.29 is 13.2 Å². The molecule has 0 spiro atoms. The Morgan fingerprint density at radius 1 is 1.35 bits per heavy atom. The lowest BCUT2D eigenvalue weighted by Crippen LogP contribution is -2.41. The van der Waals surface area contributed by atoms with Gasteiger partial charge in [-0.05, 0) is 31.9 Å². The molecule has 2 aliphatic rings. The number of amidine groups is 1. The van der Waals surface area contributed by atoms with Gasteiger partial charge in [0.1, 0.15) is 10.7 Å². The molecule has 0 N–H and O–H groups in total. The SMILES string of the molecule is CC(=O)C1CCCN(C2=NS(=O)(=O)c3ccccc32)C1. The number of Topliss-reactive ketones (excluding diaryl/α,β-unsaturated/α-hetero) is 1. The maximum Gasteiger partial charge on any atom is 0.285 e. The van der Waals surface area contributed by atoms with E-state index in [1.165, 1.54) is 0 Å². The Balaban J connectivity index is 1.97.